The Morgan fingerprint density at radius 2 is 2.18 bits per heavy atom. The summed E-state index contributed by atoms with van der Waals surface area (Å²) < 4.78 is 11.5. The van der Waals surface area contributed by atoms with Crippen molar-refractivity contribution in [3.63, 3.8) is 0 Å². The second kappa shape index (κ2) is 6.31. The third-order valence-electron chi connectivity index (χ3n) is 4.82. The molecule has 0 radical (unpaired) electrons. The highest BCUT2D eigenvalue weighted by molar-refractivity contribution is 5.55. The van der Waals surface area contributed by atoms with Gasteiger partial charge in [-0.2, -0.15) is 0 Å². The van der Waals surface area contributed by atoms with Gasteiger partial charge in [0.1, 0.15) is 0 Å². The summed E-state index contributed by atoms with van der Waals surface area (Å²) in [6.45, 7) is 4.70. The summed E-state index contributed by atoms with van der Waals surface area (Å²) in [6.07, 6.45) is 4.48. The van der Waals surface area contributed by atoms with Crippen LogP contribution >= 0.6 is 0 Å². The maximum Gasteiger partial charge on any atom is 0.165 e. The van der Waals surface area contributed by atoms with E-state index in [-0.39, 0.29) is 6.10 Å². The van der Waals surface area contributed by atoms with Crippen LogP contribution in [-0.4, -0.2) is 43.4 Å². The van der Waals surface area contributed by atoms with Crippen molar-refractivity contribution in [2.24, 2.45) is 5.92 Å². The zero-order chi connectivity index (χ0) is 15.7. The van der Waals surface area contributed by atoms with Crippen molar-refractivity contribution in [1.29, 1.82) is 0 Å². The molecule has 1 N–H and O–H groups in total. The third kappa shape index (κ3) is 2.73. The molecule has 0 saturated carbocycles. The zero-order valence-electron chi connectivity index (χ0n) is 13.6. The highest BCUT2D eigenvalue weighted by Gasteiger charge is 2.36. The van der Waals surface area contributed by atoms with E-state index in [9.17, 15) is 5.11 Å². The van der Waals surface area contributed by atoms with Crippen LogP contribution in [0.4, 0.5) is 0 Å². The van der Waals surface area contributed by atoms with E-state index in [4.69, 9.17) is 9.47 Å². The lowest BCUT2D eigenvalue weighted by atomic mass is 9.75. The molecule has 1 heterocycles. The number of hydrogen-bond donors (Lipinski definition) is 1. The van der Waals surface area contributed by atoms with Crippen LogP contribution in [-0.2, 0) is 6.54 Å². The number of nitrogens with zero attached hydrogens (tertiary/aromatic N) is 1. The van der Waals surface area contributed by atoms with E-state index in [0.29, 0.717) is 18.4 Å². The second-order valence-corrected chi connectivity index (χ2v) is 6.28. The Morgan fingerprint density at radius 1 is 1.36 bits per heavy atom. The summed E-state index contributed by atoms with van der Waals surface area (Å²) in [6, 6.07) is 4.15. The Hall–Kier alpha value is -1.52. The van der Waals surface area contributed by atoms with Gasteiger partial charge in [0.2, 0.25) is 0 Å². The van der Waals surface area contributed by atoms with E-state index in [0.717, 1.165) is 31.0 Å². The molecule has 0 fully saturated rings. The number of aliphatic hydroxyl groups is 1. The maximum atomic E-state index is 9.87. The smallest absolute Gasteiger partial charge is 0.165 e. The van der Waals surface area contributed by atoms with Crippen molar-refractivity contribution >= 4 is 0 Å². The third-order valence-corrected chi connectivity index (χ3v) is 4.82. The molecular weight excluding hydrogens is 278 g/mol. The maximum absolute atomic E-state index is 9.87. The summed E-state index contributed by atoms with van der Waals surface area (Å²) in [5.41, 5.74) is 2.52. The quantitative estimate of drug-likeness (QED) is 0.868. The minimum atomic E-state index is -0.348. The minimum Gasteiger partial charge on any atom is -0.493 e. The van der Waals surface area contributed by atoms with E-state index >= 15 is 0 Å². The molecule has 2 aliphatic rings. The molecule has 120 valence electrons. The Morgan fingerprint density at radius 3 is 2.91 bits per heavy atom. The summed E-state index contributed by atoms with van der Waals surface area (Å²) in [7, 11) is 3.81. The monoisotopic (exact) mass is 303 g/mol. The molecule has 0 amide bonds. The first-order valence-corrected chi connectivity index (χ1v) is 8.01. The number of fused-ring (bicyclic) bond motifs is 3. The van der Waals surface area contributed by atoms with E-state index in [1.807, 2.05) is 12.1 Å². The predicted molar refractivity (Wildman–Crippen MR) is 86.5 cm³/mol. The lowest BCUT2D eigenvalue weighted by Gasteiger charge is -2.37. The molecule has 3 atom stereocenters. The summed E-state index contributed by atoms with van der Waals surface area (Å²) >= 11 is 0. The minimum absolute atomic E-state index is 0.308. The fourth-order valence-corrected chi connectivity index (χ4v) is 3.47. The van der Waals surface area contributed by atoms with Gasteiger partial charge in [0.25, 0.3) is 0 Å². The van der Waals surface area contributed by atoms with Crippen LogP contribution in [0.5, 0.6) is 11.5 Å². The van der Waals surface area contributed by atoms with Gasteiger partial charge in [-0.25, -0.2) is 0 Å². The SMILES string of the molecule is CCN(C)Cc1ccc(OC)c2c1C1C=CC(O)C[C@@H]1CO2. The molecular formula is C18H25NO3. The number of allylic oxidation sites excluding steroid dienone is 1. The van der Waals surface area contributed by atoms with Crippen LogP contribution in [0.2, 0.25) is 0 Å². The number of benzene rings is 1. The molecule has 3 rings (SSSR count). The summed E-state index contributed by atoms with van der Waals surface area (Å²) in [5, 5.41) is 9.87. The first-order valence-electron chi connectivity index (χ1n) is 8.01. The molecule has 0 spiro atoms. The summed E-state index contributed by atoms with van der Waals surface area (Å²) in [4.78, 5) is 2.28. The average molecular weight is 303 g/mol. The predicted octanol–water partition coefficient (Wildman–Crippen LogP) is 2.56. The van der Waals surface area contributed by atoms with Gasteiger partial charge in [0.15, 0.2) is 11.5 Å². The van der Waals surface area contributed by atoms with Crippen LogP contribution in [0.3, 0.4) is 0 Å². The fourth-order valence-electron chi connectivity index (χ4n) is 3.47. The first-order chi connectivity index (χ1) is 10.6. The first kappa shape index (κ1) is 15.4. The largest absolute Gasteiger partial charge is 0.493 e. The number of aliphatic hydroxyl groups excluding tert-OH is 1. The Bertz CT molecular complexity index is 570. The zero-order valence-corrected chi connectivity index (χ0v) is 13.6. The Kier molecular flexibility index (Phi) is 4.41. The molecule has 4 nitrogen and oxygen atoms in total. The van der Waals surface area contributed by atoms with Gasteiger partial charge >= 0.3 is 0 Å². The molecule has 1 aliphatic heterocycles. The van der Waals surface area contributed by atoms with E-state index < -0.39 is 0 Å². The van der Waals surface area contributed by atoms with Crippen LogP contribution in [0.25, 0.3) is 0 Å². The summed E-state index contributed by atoms with van der Waals surface area (Å²) in [5.74, 6) is 2.33. The molecule has 0 bridgehead atoms. The molecule has 22 heavy (non-hydrogen) atoms. The van der Waals surface area contributed by atoms with E-state index in [1.165, 1.54) is 11.1 Å². The molecule has 2 unspecified atom stereocenters. The van der Waals surface area contributed by atoms with Crippen molar-refractivity contribution in [1.82, 2.24) is 4.90 Å². The number of ether oxygens (including phenoxy) is 2. The molecule has 1 aromatic rings. The highest BCUT2D eigenvalue weighted by atomic mass is 16.5. The Labute approximate surface area is 132 Å². The molecule has 0 saturated heterocycles. The highest BCUT2D eigenvalue weighted by Crippen LogP contribution is 2.48. The Balaban J connectivity index is 2.06. The molecule has 4 heteroatoms. The molecule has 0 aromatic heterocycles. The van der Waals surface area contributed by atoms with Crippen molar-refractivity contribution < 1.29 is 14.6 Å². The van der Waals surface area contributed by atoms with Crippen molar-refractivity contribution in [2.75, 3.05) is 27.3 Å². The lowest BCUT2D eigenvalue weighted by Crippen LogP contribution is -2.32. The molecule has 1 aliphatic carbocycles. The van der Waals surface area contributed by atoms with Crippen LogP contribution in [0.15, 0.2) is 24.3 Å². The van der Waals surface area contributed by atoms with E-state index in [2.05, 4.69) is 31.0 Å². The van der Waals surface area contributed by atoms with Gasteiger partial charge < -0.3 is 19.5 Å². The van der Waals surface area contributed by atoms with Gasteiger partial charge in [0, 0.05) is 23.9 Å². The topological polar surface area (TPSA) is 41.9 Å². The van der Waals surface area contributed by atoms with Crippen LogP contribution in [0.1, 0.15) is 30.4 Å². The van der Waals surface area contributed by atoms with Gasteiger partial charge in [-0.1, -0.05) is 25.1 Å². The average Bonchev–Trinajstić information content (AvgIpc) is 2.54. The standard InChI is InChI=1S/C18H25NO3/c1-4-19(2)10-12-5-8-16(21-3)18-17(12)15-7-6-14(20)9-13(15)11-22-18/h5-8,13-15,20H,4,9-11H2,1-3H3/t13-,14?,15?/m1/s1. The fraction of sp³-hybridized carbons (Fsp3) is 0.556. The van der Waals surface area contributed by atoms with Gasteiger partial charge in [-0.3, -0.25) is 0 Å². The molecule has 1 aromatic carbocycles. The normalized spacial score (nSPS) is 26.3. The van der Waals surface area contributed by atoms with Crippen molar-refractivity contribution in [3.8, 4) is 11.5 Å². The lowest BCUT2D eigenvalue weighted by molar-refractivity contribution is 0.122. The van der Waals surface area contributed by atoms with Crippen molar-refractivity contribution in [3.05, 3.63) is 35.4 Å². The van der Waals surface area contributed by atoms with Crippen LogP contribution in [0, 0.1) is 5.92 Å². The van der Waals surface area contributed by atoms with Gasteiger partial charge in [0.05, 0.1) is 19.8 Å². The van der Waals surface area contributed by atoms with Gasteiger partial charge in [-0.15, -0.1) is 0 Å². The van der Waals surface area contributed by atoms with Crippen LogP contribution < -0.4 is 9.47 Å². The van der Waals surface area contributed by atoms with Gasteiger partial charge in [-0.05, 0) is 31.6 Å². The number of methoxy groups -OCH3 is 1. The van der Waals surface area contributed by atoms with E-state index in [1.54, 1.807) is 7.11 Å². The van der Waals surface area contributed by atoms with Crippen molar-refractivity contribution in [2.45, 2.75) is 31.9 Å². The number of hydrogen-bond acceptors (Lipinski definition) is 4. The second-order valence-electron chi connectivity index (χ2n) is 6.28. The number of rotatable bonds is 4.